The zero-order valence-electron chi connectivity index (χ0n) is 15.4. The van der Waals surface area contributed by atoms with Crippen molar-refractivity contribution in [3.8, 4) is 28.5 Å². The van der Waals surface area contributed by atoms with E-state index < -0.39 is 17.5 Å². The number of fused-ring (bicyclic) bond motifs is 1. The van der Waals surface area contributed by atoms with Crippen LogP contribution in [0.25, 0.3) is 28.2 Å². The highest BCUT2D eigenvalue weighted by molar-refractivity contribution is 7.84. The van der Waals surface area contributed by atoms with Gasteiger partial charge in [0, 0.05) is 24.1 Å². The van der Waals surface area contributed by atoms with Crippen LogP contribution >= 0.6 is 0 Å². The number of ether oxygens (including phenoxy) is 1. The first-order valence-electron chi connectivity index (χ1n) is 8.72. The van der Waals surface area contributed by atoms with Gasteiger partial charge in [0.25, 0.3) is 0 Å². The van der Waals surface area contributed by atoms with Crippen LogP contribution in [0.3, 0.4) is 0 Å². The number of halogens is 2. The number of aromatic nitrogens is 4. The summed E-state index contributed by atoms with van der Waals surface area (Å²) in [5.74, 6) is 0.310. The first-order chi connectivity index (χ1) is 14.1. The Morgan fingerprint density at radius 1 is 1.14 bits per heavy atom. The summed E-state index contributed by atoms with van der Waals surface area (Å²) in [6.07, 6.45) is 3.06. The molecule has 0 spiro atoms. The third kappa shape index (κ3) is 3.73. The maximum atomic E-state index is 13.4. The van der Waals surface area contributed by atoms with Gasteiger partial charge in [0.05, 0.1) is 21.9 Å². The second-order valence-corrected chi connectivity index (χ2v) is 7.43. The van der Waals surface area contributed by atoms with E-state index in [0.29, 0.717) is 39.1 Å². The fourth-order valence-electron chi connectivity index (χ4n) is 2.95. The van der Waals surface area contributed by atoms with Crippen LogP contribution in [0.4, 0.5) is 8.78 Å². The van der Waals surface area contributed by atoms with Gasteiger partial charge in [0.2, 0.25) is 5.88 Å². The molecule has 0 amide bonds. The van der Waals surface area contributed by atoms with Crippen LogP contribution in [0.2, 0.25) is 0 Å². The van der Waals surface area contributed by atoms with Gasteiger partial charge in [-0.3, -0.25) is 4.21 Å². The Bertz CT molecular complexity index is 1200. The summed E-state index contributed by atoms with van der Waals surface area (Å²) < 4.78 is 44.9. The highest BCUT2D eigenvalue weighted by Crippen LogP contribution is 2.35. The van der Waals surface area contributed by atoms with Crippen LogP contribution in [0.15, 0.2) is 59.8 Å². The Hall–Kier alpha value is -3.20. The lowest BCUT2D eigenvalue weighted by atomic mass is 10.1. The molecule has 4 aromatic rings. The van der Waals surface area contributed by atoms with Gasteiger partial charge in [0.1, 0.15) is 29.8 Å². The molecule has 0 aliphatic heterocycles. The SMILES string of the molecule is CS(=O)c1ccnc(-c2c(-c3ccc(F)cc3)nn3c(OCCF)cccc23)n1. The molecule has 6 nitrogen and oxygen atoms in total. The van der Waals surface area contributed by atoms with Gasteiger partial charge < -0.3 is 4.74 Å². The molecule has 0 bridgehead atoms. The first kappa shape index (κ1) is 19.1. The van der Waals surface area contributed by atoms with E-state index in [4.69, 9.17) is 4.74 Å². The van der Waals surface area contributed by atoms with Crippen LogP contribution in [-0.4, -0.2) is 43.3 Å². The highest BCUT2D eigenvalue weighted by atomic mass is 32.2. The van der Waals surface area contributed by atoms with Gasteiger partial charge in [-0.1, -0.05) is 6.07 Å². The van der Waals surface area contributed by atoms with Crippen LogP contribution in [0, 0.1) is 5.82 Å². The Balaban J connectivity index is 1.99. The van der Waals surface area contributed by atoms with E-state index in [-0.39, 0.29) is 12.4 Å². The lowest BCUT2D eigenvalue weighted by Gasteiger charge is -2.06. The topological polar surface area (TPSA) is 69.4 Å². The zero-order valence-corrected chi connectivity index (χ0v) is 16.2. The first-order valence-corrected chi connectivity index (χ1v) is 10.3. The average molecular weight is 414 g/mol. The molecule has 0 saturated carbocycles. The summed E-state index contributed by atoms with van der Waals surface area (Å²) in [5, 5.41) is 4.99. The van der Waals surface area contributed by atoms with Crippen molar-refractivity contribution >= 4 is 16.3 Å². The summed E-state index contributed by atoms with van der Waals surface area (Å²) in [6.45, 7) is -0.746. The minimum Gasteiger partial charge on any atom is -0.475 e. The number of rotatable bonds is 6. The fourth-order valence-corrected chi connectivity index (χ4v) is 3.42. The van der Waals surface area contributed by atoms with E-state index in [1.165, 1.54) is 29.1 Å². The number of benzene rings is 1. The van der Waals surface area contributed by atoms with E-state index in [1.807, 2.05) is 0 Å². The number of hydrogen-bond donors (Lipinski definition) is 0. The van der Waals surface area contributed by atoms with Crippen molar-refractivity contribution in [3.63, 3.8) is 0 Å². The molecule has 0 N–H and O–H groups in total. The Kier molecular flexibility index (Phi) is 5.30. The Labute approximate surface area is 167 Å². The molecule has 0 fully saturated rings. The van der Waals surface area contributed by atoms with Crippen molar-refractivity contribution in [1.82, 2.24) is 19.6 Å². The quantitative estimate of drug-likeness (QED) is 0.450. The maximum Gasteiger partial charge on any atom is 0.215 e. The monoisotopic (exact) mass is 414 g/mol. The fraction of sp³-hybridized carbons (Fsp3) is 0.150. The predicted molar refractivity (Wildman–Crippen MR) is 105 cm³/mol. The number of alkyl halides is 1. The molecule has 9 heteroatoms. The highest BCUT2D eigenvalue weighted by Gasteiger charge is 2.21. The maximum absolute atomic E-state index is 13.4. The van der Waals surface area contributed by atoms with Gasteiger partial charge in [-0.15, -0.1) is 0 Å². The summed E-state index contributed by atoms with van der Waals surface area (Å²) in [5.41, 5.74) is 2.35. The molecule has 148 valence electrons. The smallest absolute Gasteiger partial charge is 0.215 e. The standard InChI is InChI=1S/C20H16F2N4O2S/c1-29(27)16-9-11-23-20(24-16)18-15-3-2-4-17(28-12-10-21)26(15)25-19(18)13-5-7-14(22)8-6-13/h2-9,11H,10,12H2,1H3. The van der Waals surface area contributed by atoms with Crippen LogP contribution in [0.1, 0.15) is 0 Å². The molecule has 3 aromatic heterocycles. The van der Waals surface area contributed by atoms with Crippen molar-refractivity contribution in [2.45, 2.75) is 5.03 Å². The molecular formula is C20H16F2N4O2S. The van der Waals surface area contributed by atoms with E-state index in [0.717, 1.165) is 0 Å². The van der Waals surface area contributed by atoms with Crippen molar-refractivity contribution in [1.29, 1.82) is 0 Å². The van der Waals surface area contributed by atoms with Crippen LogP contribution in [0.5, 0.6) is 5.88 Å². The molecular weight excluding hydrogens is 398 g/mol. The molecule has 1 atom stereocenters. The van der Waals surface area contributed by atoms with E-state index >= 15 is 0 Å². The summed E-state index contributed by atoms with van der Waals surface area (Å²) in [7, 11) is -1.29. The molecule has 29 heavy (non-hydrogen) atoms. The average Bonchev–Trinajstić information content (AvgIpc) is 3.13. The van der Waals surface area contributed by atoms with Crippen molar-refractivity contribution in [3.05, 3.63) is 60.5 Å². The largest absolute Gasteiger partial charge is 0.475 e. The third-order valence-corrected chi connectivity index (χ3v) is 5.03. The van der Waals surface area contributed by atoms with E-state index in [1.54, 1.807) is 36.4 Å². The van der Waals surface area contributed by atoms with Gasteiger partial charge in [-0.05, 0) is 36.4 Å². The van der Waals surface area contributed by atoms with E-state index in [9.17, 15) is 13.0 Å². The minimum absolute atomic E-state index is 0.110. The Morgan fingerprint density at radius 2 is 1.93 bits per heavy atom. The molecule has 1 unspecified atom stereocenters. The van der Waals surface area contributed by atoms with Gasteiger partial charge in [0.15, 0.2) is 5.82 Å². The normalized spacial score (nSPS) is 12.2. The number of pyridine rings is 1. The van der Waals surface area contributed by atoms with Gasteiger partial charge in [-0.2, -0.15) is 9.61 Å². The molecule has 4 rings (SSSR count). The summed E-state index contributed by atoms with van der Waals surface area (Å²) in [4.78, 5) is 8.76. The number of nitrogens with zero attached hydrogens (tertiary/aromatic N) is 4. The van der Waals surface area contributed by atoms with Crippen LogP contribution in [-0.2, 0) is 10.8 Å². The molecule has 3 heterocycles. The van der Waals surface area contributed by atoms with Gasteiger partial charge in [-0.25, -0.2) is 18.7 Å². The van der Waals surface area contributed by atoms with Crippen LogP contribution < -0.4 is 4.74 Å². The third-order valence-electron chi connectivity index (χ3n) is 4.22. The Morgan fingerprint density at radius 3 is 2.66 bits per heavy atom. The molecule has 1 aromatic carbocycles. The minimum atomic E-state index is -1.29. The van der Waals surface area contributed by atoms with Crippen molar-refractivity contribution in [2.24, 2.45) is 0 Å². The number of hydrogen-bond acceptors (Lipinski definition) is 5. The zero-order chi connectivity index (χ0) is 20.4. The molecule has 0 radical (unpaired) electrons. The summed E-state index contributed by atoms with van der Waals surface area (Å²) in [6, 6.07) is 12.7. The van der Waals surface area contributed by atoms with E-state index in [2.05, 4.69) is 15.1 Å². The second-order valence-electron chi connectivity index (χ2n) is 6.10. The van der Waals surface area contributed by atoms with Crippen molar-refractivity contribution in [2.75, 3.05) is 19.5 Å². The van der Waals surface area contributed by atoms with Gasteiger partial charge >= 0.3 is 0 Å². The molecule has 0 aliphatic rings. The predicted octanol–water partition coefficient (Wildman–Crippen LogP) is 3.68. The lowest BCUT2D eigenvalue weighted by Crippen LogP contribution is -2.03. The second kappa shape index (κ2) is 8.04. The van der Waals surface area contributed by atoms with Crippen molar-refractivity contribution < 1.29 is 17.7 Å². The molecule has 0 saturated heterocycles. The molecule has 0 aliphatic carbocycles. The lowest BCUT2D eigenvalue weighted by molar-refractivity contribution is 0.259. The summed E-state index contributed by atoms with van der Waals surface area (Å²) >= 11 is 0.